The van der Waals surface area contributed by atoms with Gasteiger partial charge in [-0.05, 0) is 50.0 Å². The Kier molecular flexibility index (Phi) is 6.03. The van der Waals surface area contributed by atoms with Crippen molar-refractivity contribution in [2.75, 3.05) is 6.61 Å². The van der Waals surface area contributed by atoms with E-state index in [1.54, 1.807) is 6.20 Å². The number of nitrogens with zero attached hydrogens (tertiary/aromatic N) is 1. The van der Waals surface area contributed by atoms with Gasteiger partial charge < -0.3 is 10.1 Å². The van der Waals surface area contributed by atoms with Gasteiger partial charge in [0.15, 0.2) is 0 Å². The van der Waals surface area contributed by atoms with Crippen molar-refractivity contribution >= 4 is 5.91 Å². The summed E-state index contributed by atoms with van der Waals surface area (Å²) < 4.78 is 5.50. The van der Waals surface area contributed by atoms with Gasteiger partial charge in [0, 0.05) is 24.2 Å². The second kappa shape index (κ2) is 7.80. The summed E-state index contributed by atoms with van der Waals surface area (Å²) in [6.45, 7) is 9.90. The molecule has 1 heterocycles. The molecule has 2 rings (SSSR count). The van der Waals surface area contributed by atoms with E-state index in [1.165, 1.54) is 0 Å². The van der Waals surface area contributed by atoms with Crippen molar-refractivity contribution in [2.45, 2.75) is 59.9 Å². The summed E-state index contributed by atoms with van der Waals surface area (Å²) in [6, 6.07) is 3.83. The number of carbonyl (C=O) groups excluding carboxylic acids is 1. The summed E-state index contributed by atoms with van der Waals surface area (Å²) in [6.07, 6.45) is 6.01. The van der Waals surface area contributed by atoms with Crippen LogP contribution in [0.5, 0.6) is 5.88 Å². The molecule has 0 spiro atoms. The van der Waals surface area contributed by atoms with Crippen LogP contribution in [0, 0.1) is 17.3 Å². The van der Waals surface area contributed by atoms with Crippen LogP contribution in [0.1, 0.15) is 58.9 Å². The van der Waals surface area contributed by atoms with Crippen molar-refractivity contribution in [3.63, 3.8) is 0 Å². The third-order valence-corrected chi connectivity index (χ3v) is 4.91. The van der Waals surface area contributed by atoms with E-state index in [0.29, 0.717) is 24.4 Å². The number of aromatic nitrogens is 1. The highest BCUT2D eigenvalue weighted by Gasteiger charge is 2.32. The number of nitrogens with one attached hydrogen (secondary N) is 1. The molecule has 23 heavy (non-hydrogen) atoms. The molecule has 1 aliphatic carbocycles. The minimum Gasteiger partial charge on any atom is -0.478 e. The Balaban J connectivity index is 1.84. The zero-order chi connectivity index (χ0) is 16.9. The van der Waals surface area contributed by atoms with E-state index in [-0.39, 0.29) is 11.8 Å². The monoisotopic (exact) mass is 318 g/mol. The molecule has 1 amide bonds. The summed E-state index contributed by atoms with van der Waals surface area (Å²) in [7, 11) is 0. The van der Waals surface area contributed by atoms with Crippen LogP contribution in [-0.2, 0) is 11.3 Å². The van der Waals surface area contributed by atoms with Crippen LogP contribution in [0.2, 0.25) is 0 Å². The molecule has 4 nitrogen and oxygen atoms in total. The number of rotatable bonds is 5. The topological polar surface area (TPSA) is 51.2 Å². The van der Waals surface area contributed by atoms with E-state index in [1.807, 2.05) is 19.1 Å². The van der Waals surface area contributed by atoms with Gasteiger partial charge in [0.2, 0.25) is 11.8 Å². The van der Waals surface area contributed by atoms with Crippen molar-refractivity contribution in [2.24, 2.45) is 17.3 Å². The molecular formula is C19H30N2O2. The maximum atomic E-state index is 12.4. The van der Waals surface area contributed by atoms with Gasteiger partial charge in [0.1, 0.15) is 0 Å². The van der Waals surface area contributed by atoms with Gasteiger partial charge in [-0.1, -0.05) is 26.8 Å². The molecule has 1 aromatic rings. The summed E-state index contributed by atoms with van der Waals surface area (Å²) in [5.74, 6) is 1.67. The second-order valence-corrected chi connectivity index (χ2v) is 7.53. The SMILES string of the molecule is CCOc1ncccc1CNC(=O)C1CCC(C(C)(C)C)CC1. The third-order valence-electron chi connectivity index (χ3n) is 4.91. The Morgan fingerprint density at radius 1 is 1.30 bits per heavy atom. The molecule has 0 aliphatic heterocycles. The standard InChI is InChI=1S/C19H30N2O2/c1-5-23-18-15(7-6-12-20-18)13-21-17(22)14-8-10-16(11-9-14)19(2,3)4/h6-7,12,14,16H,5,8-11,13H2,1-4H3,(H,21,22). The minimum atomic E-state index is 0.154. The van der Waals surface area contributed by atoms with Crippen molar-refractivity contribution in [1.29, 1.82) is 0 Å². The fourth-order valence-electron chi connectivity index (χ4n) is 3.37. The average molecular weight is 318 g/mol. The average Bonchev–Trinajstić information content (AvgIpc) is 2.53. The first-order chi connectivity index (χ1) is 10.9. The predicted molar refractivity (Wildman–Crippen MR) is 92.2 cm³/mol. The molecule has 1 fully saturated rings. The largest absolute Gasteiger partial charge is 0.478 e. The first-order valence-electron chi connectivity index (χ1n) is 8.76. The maximum absolute atomic E-state index is 12.4. The van der Waals surface area contributed by atoms with E-state index in [2.05, 4.69) is 31.1 Å². The van der Waals surface area contributed by atoms with Crippen LogP contribution in [-0.4, -0.2) is 17.5 Å². The first kappa shape index (κ1) is 17.8. The fraction of sp³-hybridized carbons (Fsp3) is 0.684. The fourth-order valence-corrected chi connectivity index (χ4v) is 3.37. The number of amides is 1. The van der Waals surface area contributed by atoms with Gasteiger partial charge in [-0.25, -0.2) is 4.98 Å². The summed E-state index contributed by atoms with van der Waals surface area (Å²) in [5.41, 5.74) is 1.29. The molecule has 4 heteroatoms. The van der Waals surface area contributed by atoms with E-state index in [9.17, 15) is 4.79 Å². The molecule has 1 saturated carbocycles. The molecule has 0 bridgehead atoms. The first-order valence-corrected chi connectivity index (χ1v) is 8.76. The highest BCUT2D eigenvalue weighted by Crippen LogP contribution is 2.39. The van der Waals surface area contributed by atoms with Crippen molar-refractivity contribution in [3.05, 3.63) is 23.9 Å². The lowest BCUT2D eigenvalue weighted by molar-refractivity contribution is -0.126. The van der Waals surface area contributed by atoms with Gasteiger partial charge in [-0.15, -0.1) is 0 Å². The molecule has 1 aliphatic rings. The molecule has 0 atom stereocenters. The molecule has 1 aromatic heterocycles. The van der Waals surface area contributed by atoms with Gasteiger partial charge in [0.05, 0.1) is 6.61 Å². The number of carbonyl (C=O) groups is 1. The van der Waals surface area contributed by atoms with Gasteiger partial charge >= 0.3 is 0 Å². The lowest BCUT2D eigenvalue weighted by Crippen LogP contribution is -2.35. The third kappa shape index (κ3) is 4.95. The van der Waals surface area contributed by atoms with Gasteiger partial charge in [-0.2, -0.15) is 0 Å². The van der Waals surface area contributed by atoms with Crippen LogP contribution >= 0.6 is 0 Å². The smallest absolute Gasteiger partial charge is 0.223 e. The molecule has 0 unspecified atom stereocenters. The van der Waals surface area contributed by atoms with E-state index < -0.39 is 0 Å². The highest BCUT2D eigenvalue weighted by atomic mass is 16.5. The quantitative estimate of drug-likeness (QED) is 0.894. The van der Waals surface area contributed by atoms with Crippen molar-refractivity contribution in [3.8, 4) is 5.88 Å². The molecular weight excluding hydrogens is 288 g/mol. The van der Waals surface area contributed by atoms with Crippen LogP contribution in [0.25, 0.3) is 0 Å². The lowest BCUT2D eigenvalue weighted by atomic mass is 9.69. The van der Waals surface area contributed by atoms with Crippen molar-refractivity contribution in [1.82, 2.24) is 10.3 Å². The Bertz CT molecular complexity index is 514. The lowest BCUT2D eigenvalue weighted by Gasteiger charge is -2.36. The van der Waals surface area contributed by atoms with Gasteiger partial charge in [0.25, 0.3) is 0 Å². The minimum absolute atomic E-state index is 0.154. The van der Waals surface area contributed by atoms with Crippen LogP contribution in [0.3, 0.4) is 0 Å². The van der Waals surface area contributed by atoms with E-state index in [4.69, 9.17) is 4.74 Å². The second-order valence-electron chi connectivity index (χ2n) is 7.53. The number of hydrogen-bond donors (Lipinski definition) is 1. The van der Waals surface area contributed by atoms with Crippen LogP contribution < -0.4 is 10.1 Å². The summed E-state index contributed by atoms with van der Waals surface area (Å²) in [4.78, 5) is 16.6. The Hall–Kier alpha value is -1.58. The molecule has 0 saturated heterocycles. The van der Waals surface area contributed by atoms with Gasteiger partial charge in [-0.3, -0.25) is 4.79 Å². The van der Waals surface area contributed by atoms with Crippen molar-refractivity contribution < 1.29 is 9.53 Å². The van der Waals surface area contributed by atoms with Crippen LogP contribution in [0.15, 0.2) is 18.3 Å². The Morgan fingerprint density at radius 2 is 2.00 bits per heavy atom. The molecule has 0 aromatic carbocycles. The Morgan fingerprint density at radius 3 is 2.61 bits per heavy atom. The predicted octanol–water partition coefficient (Wildman–Crippen LogP) is 3.95. The summed E-state index contributed by atoms with van der Waals surface area (Å²) >= 11 is 0. The number of pyridine rings is 1. The zero-order valence-corrected chi connectivity index (χ0v) is 14.9. The zero-order valence-electron chi connectivity index (χ0n) is 14.9. The van der Waals surface area contributed by atoms with E-state index in [0.717, 1.165) is 37.2 Å². The highest BCUT2D eigenvalue weighted by molar-refractivity contribution is 5.78. The normalized spacial score (nSPS) is 21.7. The Labute approximate surface area is 140 Å². The molecule has 1 N–H and O–H groups in total. The maximum Gasteiger partial charge on any atom is 0.223 e. The number of ether oxygens (including phenoxy) is 1. The molecule has 0 radical (unpaired) electrons. The molecule has 128 valence electrons. The summed E-state index contributed by atoms with van der Waals surface area (Å²) in [5, 5.41) is 3.06. The van der Waals surface area contributed by atoms with Crippen LogP contribution in [0.4, 0.5) is 0 Å². The van der Waals surface area contributed by atoms with E-state index >= 15 is 0 Å². The number of hydrogen-bond acceptors (Lipinski definition) is 3.